The molecule has 0 radical (unpaired) electrons. The molecule has 0 bridgehead atoms. The fraction of sp³-hybridized carbons (Fsp3) is 0.105. The van der Waals surface area contributed by atoms with Gasteiger partial charge in [-0.05, 0) is 151 Å². The Balaban J connectivity index is 0.000000133. The Morgan fingerprint density at radius 1 is 0.483 bits per heavy atom. The van der Waals surface area contributed by atoms with Crippen LogP contribution in [-0.2, 0) is 25.6 Å². The zero-order valence-electron chi connectivity index (χ0n) is 64.2. The Hall–Kier alpha value is -14.8. The predicted molar refractivity (Wildman–Crippen MR) is 446 cm³/mol. The molecule has 0 spiro atoms. The highest BCUT2D eigenvalue weighted by atomic mass is 19.1. The molecular formula is C95H75F5N10O8. The monoisotopic (exact) mass is 1580 g/mol. The number of pyridine rings is 5. The molecule has 23 heteroatoms. The summed E-state index contributed by atoms with van der Waals surface area (Å²) in [5.74, 6) is -4.93. The summed E-state index contributed by atoms with van der Waals surface area (Å²) in [5.41, 5.74) is 8.95. The van der Waals surface area contributed by atoms with Crippen molar-refractivity contribution in [2.75, 3.05) is 20.8 Å². The third kappa shape index (κ3) is 21.1. The van der Waals surface area contributed by atoms with E-state index in [-0.39, 0.29) is 66.2 Å². The number of hydrogen-bond donors (Lipinski definition) is 2. The number of Topliss-reactive ketones (excluding diaryl/α,β-unsaturated/α-hetero) is 2. The van der Waals surface area contributed by atoms with Crippen LogP contribution in [0.2, 0.25) is 0 Å². The summed E-state index contributed by atoms with van der Waals surface area (Å²) in [4.78, 5) is 96.0. The van der Waals surface area contributed by atoms with E-state index in [9.17, 15) is 50.7 Å². The minimum Gasteiger partial charge on any atom is -0.466 e. The second-order valence-electron chi connectivity index (χ2n) is 26.8. The molecule has 118 heavy (non-hydrogen) atoms. The van der Waals surface area contributed by atoms with Gasteiger partial charge in [0.25, 0.3) is 11.5 Å². The van der Waals surface area contributed by atoms with Crippen LogP contribution in [0.1, 0.15) is 90.5 Å². The highest BCUT2D eigenvalue weighted by Gasteiger charge is 2.31. The smallest absolute Gasteiger partial charge is 0.306 e. The summed E-state index contributed by atoms with van der Waals surface area (Å²) in [6, 6.07) is 76.7. The van der Waals surface area contributed by atoms with E-state index in [1.165, 1.54) is 73.6 Å². The number of aromatic amines is 1. The number of rotatable bonds is 15. The minimum absolute atomic E-state index is 0.0483. The van der Waals surface area contributed by atoms with Crippen LogP contribution in [0.4, 0.5) is 22.0 Å². The molecule has 17 rings (SSSR count). The second kappa shape index (κ2) is 39.8. The maximum Gasteiger partial charge on any atom is 0.306 e. The van der Waals surface area contributed by atoms with Crippen LogP contribution >= 0.6 is 0 Å². The van der Waals surface area contributed by atoms with Gasteiger partial charge in [-0.25, -0.2) is 37.5 Å². The summed E-state index contributed by atoms with van der Waals surface area (Å²) in [7, 11) is 3.07. The summed E-state index contributed by atoms with van der Waals surface area (Å²) in [6.07, 6.45) is 13.1. The topological polar surface area (TPSA) is 242 Å². The first-order valence-electron chi connectivity index (χ1n) is 37.2. The van der Waals surface area contributed by atoms with Crippen molar-refractivity contribution in [1.82, 2.24) is 45.6 Å². The standard InChI is InChI=1S/C21H18FNO3.C19H14FN3O.C19H12FN3O.C17H12FNO.C13H13NO2.C6H6FN/c1-2-26-20(24)12-18(17-9-10-23-13-19(17)22)21(25)16-8-7-14-5-3-4-6-15(14)11-16;2*20-17-11-21-8-7-15(17)16-10-18(24)22-23-19(16)14-6-5-12-3-1-2-4-13(12)9-14;18-16-11-19-8-7-14(16)10-17(20)15-6-5-12-3-1-2-4-13(12)9-15;1-14(16-2)13(15)12-8-7-10-5-3-4-6-11(10)9-12;1-5-2-3-8-4-6(5)7/h3-11,13,18H,2,12H2,1H3;1-9,11,16H,10H2,(H,22,24);1-11H,(H,22,24);1-9,11H,10H2;3-9H,1-2H3;2-4H,1H3. The molecule has 6 aromatic heterocycles. The molecule has 0 saturated carbocycles. The number of H-pyrrole nitrogens is 1. The molecule has 2 amide bonds. The van der Waals surface area contributed by atoms with E-state index in [2.05, 4.69) is 45.6 Å². The minimum atomic E-state index is -0.960. The van der Waals surface area contributed by atoms with Gasteiger partial charge >= 0.3 is 5.97 Å². The first-order valence-corrected chi connectivity index (χ1v) is 37.2. The number of benzene rings is 10. The highest BCUT2D eigenvalue weighted by Crippen LogP contribution is 2.35. The first kappa shape index (κ1) is 82.6. The molecule has 0 aliphatic carbocycles. The summed E-state index contributed by atoms with van der Waals surface area (Å²) in [5, 5.41) is 22.5. The van der Waals surface area contributed by atoms with Crippen molar-refractivity contribution in [3.05, 3.63) is 395 Å². The lowest BCUT2D eigenvalue weighted by molar-refractivity contribution is -0.143. The number of nitrogens with zero attached hydrogens (tertiary/aromatic N) is 8. The third-order valence-electron chi connectivity index (χ3n) is 19.2. The fourth-order valence-corrected chi connectivity index (χ4v) is 13.0. The van der Waals surface area contributed by atoms with Crippen LogP contribution in [0.15, 0.2) is 321 Å². The lowest BCUT2D eigenvalue weighted by atomic mass is 9.86. The molecule has 18 nitrogen and oxygen atoms in total. The highest BCUT2D eigenvalue weighted by molar-refractivity contribution is 6.11. The molecule has 2 N–H and O–H groups in total. The van der Waals surface area contributed by atoms with Gasteiger partial charge in [0.2, 0.25) is 5.91 Å². The largest absolute Gasteiger partial charge is 0.466 e. The molecule has 0 saturated heterocycles. The molecule has 1 aliphatic rings. The predicted octanol–water partition coefficient (Wildman–Crippen LogP) is 19.3. The Bertz CT molecular complexity index is 6410. The molecular weight excluding hydrogens is 1500 g/mol. The molecule has 16 aromatic rings. The van der Waals surface area contributed by atoms with E-state index in [0.29, 0.717) is 55.9 Å². The second-order valence-corrected chi connectivity index (χ2v) is 26.8. The number of esters is 1. The van der Waals surface area contributed by atoms with Crippen LogP contribution in [0, 0.1) is 36.0 Å². The van der Waals surface area contributed by atoms with Crippen molar-refractivity contribution in [3.63, 3.8) is 0 Å². The van der Waals surface area contributed by atoms with E-state index < -0.39 is 41.1 Å². The number of carbonyl (C=O) groups excluding carboxylic acids is 5. The first-order chi connectivity index (χ1) is 57.3. The van der Waals surface area contributed by atoms with Crippen LogP contribution in [0.5, 0.6) is 0 Å². The van der Waals surface area contributed by atoms with Gasteiger partial charge in [-0.1, -0.05) is 176 Å². The van der Waals surface area contributed by atoms with E-state index in [1.807, 2.05) is 188 Å². The summed E-state index contributed by atoms with van der Waals surface area (Å²) in [6.45, 7) is 3.59. The average molecular weight is 1580 g/mol. The van der Waals surface area contributed by atoms with Gasteiger partial charge in [-0.15, -0.1) is 0 Å². The van der Waals surface area contributed by atoms with E-state index in [1.54, 1.807) is 63.5 Å². The van der Waals surface area contributed by atoms with Crippen molar-refractivity contribution < 1.29 is 55.5 Å². The van der Waals surface area contributed by atoms with Crippen LogP contribution in [0.25, 0.3) is 76.2 Å². The number of aromatic nitrogens is 7. The third-order valence-corrected chi connectivity index (χ3v) is 19.2. The number of ketones is 2. The molecule has 1 aliphatic heterocycles. The number of nitrogens with one attached hydrogen (secondary N) is 2. The molecule has 10 aromatic carbocycles. The van der Waals surface area contributed by atoms with E-state index in [0.717, 1.165) is 83.6 Å². The van der Waals surface area contributed by atoms with Crippen LogP contribution < -0.4 is 11.0 Å². The number of hydrogen-bond acceptors (Lipinski definition) is 15. The molecule has 2 unspecified atom stereocenters. The molecule has 0 fully saturated rings. The number of carbonyl (C=O) groups is 5. The lowest BCUT2D eigenvalue weighted by Crippen LogP contribution is -2.32. The van der Waals surface area contributed by atoms with Crippen LogP contribution in [-0.4, -0.2) is 96.0 Å². The van der Waals surface area contributed by atoms with Crippen molar-refractivity contribution in [2.24, 2.45) is 5.10 Å². The van der Waals surface area contributed by atoms with E-state index >= 15 is 0 Å². The van der Waals surface area contributed by atoms with Crippen LogP contribution in [0.3, 0.4) is 0 Å². The Labute approximate surface area is 674 Å². The average Bonchev–Trinajstić information content (AvgIpc) is 0.793. The number of aryl methyl sites for hydroxylation is 1. The van der Waals surface area contributed by atoms with Gasteiger partial charge < -0.3 is 4.74 Å². The SMILES string of the molecule is CCOC(=O)CC(C(=O)c1ccc2ccccc2c1)c1ccncc1F.CON(C)C(=O)c1ccc2ccccc2c1.Cc1ccncc1F.O=C(Cc1ccncc1F)c1ccc2ccccc2c1.O=C1CC(c2ccncc2F)C(c2ccc3ccccc3c2)=NN1.O=c1cc(-c2ccncc2F)c(-c2ccc3ccccc3c2)n[nH]1. The molecule has 588 valence electrons. The van der Waals surface area contributed by atoms with Crippen molar-refractivity contribution >= 4 is 88.9 Å². The van der Waals surface area contributed by atoms with Gasteiger partial charge in [-0.2, -0.15) is 10.2 Å². The van der Waals surface area contributed by atoms with Crippen molar-refractivity contribution in [2.45, 2.75) is 44.9 Å². The fourth-order valence-electron chi connectivity index (χ4n) is 13.0. The number of halogens is 5. The van der Waals surface area contributed by atoms with Crippen molar-refractivity contribution in [3.8, 4) is 22.4 Å². The quantitative estimate of drug-likeness (QED) is 0.0420. The Morgan fingerprint density at radius 3 is 1.48 bits per heavy atom. The van der Waals surface area contributed by atoms with Crippen molar-refractivity contribution in [1.29, 1.82) is 0 Å². The lowest BCUT2D eigenvalue weighted by Gasteiger charge is -2.23. The normalized spacial score (nSPS) is 12.2. The Morgan fingerprint density at radius 2 is 0.949 bits per heavy atom. The van der Waals surface area contributed by atoms with Gasteiger partial charge in [0, 0.05) is 107 Å². The van der Waals surface area contributed by atoms with Gasteiger partial charge in [0.05, 0.1) is 68.4 Å². The number of fused-ring (bicyclic) bond motifs is 5. The summed E-state index contributed by atoms with van der Waals surface area (Å²) >= 11 is 0. The van der Waals surface area contributed by atoms with E-state index in [4.69, 9.17) is 9.57 Å². The zero-order valence-corrected chi connectivity index (χ0v) is 64.2. The maximum atomic E-state index is 14.2. The zero-order chi connectivity index (χ0) is 83.0. The molecule has 7 heterocycles. The number of hydrazone groups is 1. The van der Waals surface area contributed by atoms with Gasteiger partial charge in [-0.3, -0.25) is 58.5 Å². The number of ether oxygens (including phenoxy) is 1. The van der Waals surface area contributed by atoms with Gasteiger partial charge in [0.15, 0.2) is 11.6 Å². The summed E-state index contributed by atoms with van der Waals surface area (Å²) < 4.78 is 73.3. The Kier molecular flexibility index (Phi) is 27.8. The maximum absolute atomic E-state index is 14.2. The number of amides is 2. The number of hydroxylamine groups is 2. The molecule has 2 atom stereocenters. The van der Waals surface area contributed by atoms with Gasteiger partial charge in [0.1, 0.15) is 29.1 Å².